The van der Waals surface area contributed by atoms with Gasteiger partial charge in [0.05, 0.1) is 0 Å². The normalized spacial score (nSPS) is 35.9. The number of carbonyl (C=O) groups is 1. The highest BCUT2D eigenvalue weighted by molar-refractivity contribution is 6.61. The molecule has 0 aromatic carbocycles. The molecule has 0 spiro atoms. The van der Waals surface area contributed by atoms with Gasteiger partial charge in [-0.05, 0) is 49.9 Å². The van der Waals surface area contributed by atoms with Crippen LogP contribution in [0.25, 0.3) is 0 Å². The van der Waals surface area contributed by atoms with Gasteiger partial charge in [-0.3, -0.25) is 0 Å². The van der Waals surface area contributed by atoms with Crippen LogP contribution in [-0.4, -0.2) is 11.5 Å². The van der Waals surface area contributed by atoms with E-state index >= 15 is 0 Å². The molecule has 2 aliphatic rings. The number of halogens is 1. The molecule has 4 atom stereocenters. The highest BCUT2D eigenvalue weighted by Crippen LogP contribution is 2.44. The van der Waals surface area contributed by atoms with Crippen LogP contribution in [0.3, 0.4) is 0 Å². The maximum atomic E-state index is 10.8. The summed E-state index contributed by atoms with van der Waals surface area (Å²) in [4.78, 5) is 10.8. The molecule has 18 heavy (non-hydrogen) atoms. The average Bonchev–Trinajstić information content (AvgIpc) is 2.35. The average molecular weight is 273 g/mol. The predicted octanol–water partition coefficient (Wildman–Crippen LogP) is 5.14. The number of hydrogen-bond acceptors (Lipinski definition) is 2. The first-order valence-electron chi connectivity index (χ1n) is 7.55. The molecule has 0 saturated heterocycles. The van der Waals surface area contributed by atoms with Crippen LogP contribution in [-0.2, 0) is 4.74 Å². The monoisotopic (exact) mass is 272 g/mol. The second kappa shape index (κ2) is 6.79. The number of hydrogen-bond donors (Lipinski definition) is 0. The van der Waals surface area contributed by atoms with Crippen LogP contribution in [0.2, 0.25) is 0 Å². The van der Waals surface area contributed by atoms with Crippen LogP contribution < -0.4 is 0 Å². The zero-order valence-electron chi connectivity index (χ0n) is 11.4. The fourth-order valence-corrected chi connectivity index (χ4v) is 4.06. The Bertz CT molecular complexity index is 280. The van der Waals surface area contributed by atoms with E-state index in [1.165, 1.54) is 44.9 Å². The fourth-order valence-electron chi connectivity index (χ4n) is 3.94. The van der Waals surface area contributed by atoms with Gasteiger partial charge in [-0.2, -0.15) is 0 Å². The van der Waals surface area contributed by atoms with E-state index in [1.807, 2.05) is 0 Å². The van der Waals surface area contributed by atoms with Gasteiger partial charge >= 0.3 is 5.43 Å². The molecular weight excluding hydrogens is 248 g/mol. The first kappa shape index (κ1) is 14.2. The van der Waals surface area contributed by atoms with E-state index in [1.54, 1.807) is 0 Å². The first-order chi connectivity index (χ1) is 8.69. The second-order valence-corrected chi connectivity index (χ2v) is 6.44. The molecule has 3 heteroatoms. The van der Waals surface area contributed by atoms with E-state index in [0.29, 0.717) is 0 Å². The summed E-state index contributed by atoms with van der Waals surface area (Å²) in [7, 11) is 0. The van der Waals surface area contributed by atoms with Crippen molar-refractivity contribution < 1.29 is 9.53 Å². The quantitative estimate of drug-likeness (QED) is 0.663. The van der Waals surface area contributed by atoms with Crippen molar-refractivity contribution in [1.29, 1.82) is 0 Å². The maximum absolute atomic E-state index is 10.8. The summed E-state index contributed by atoms with van der Waals surface area (Å²) in [5.74, 6) is 2.61. The molecule has 0 aliphatic heterocycles. The lowest BCUT2D eigenvalue weighted by Gasteiger charge is -2.41. The Morgan fingerprint density at radius 3 is 2.61 bits per heavy atom. The lowest BCUT2D eigenvalue weighted by Crippen LogP contribution is -2.34. The van der Waals surface area contributed by atoms with E-state index in [9.17, 15) is 4.79 Å². The van der Waals surface area contributed by atoms with E-state index in [2.05, 4.69) is 6.92 Å². The van der Waals surface area contributed by atoms with Crippen molar-refractivity contribution in [2.75, 3.05) is 0 Å². The van der Waals surface area contributed by atoms with Gasteiger partial charge in [0, 0.05) is 11.6 Å². The van der Waals surface area contributed by atoms with Crippen molar-refractivity contribution in [3.63, 3.8) is 0 Å². The van der Waals surface area contributed by atoms with Gasteiger partial charge in [0.25, 0.3) is 0 Å². The van der Waals surface area contributed by atoms with Gasteiger partial charge in [-0.1, -0.05) is 32.6 Å². The number of fused-ring (bicyclic) bond motifs is 1. The minimum Gasteiger partial charge on any atom is -0.450 e. The maximum Gasteiger partial charge on any atom is 0.404 e. The summed E-state index contributed by atoms with van der Waals surface area (Å²) in [5.41, 5.74) is -0.630. The standard InChI is InChI=1S/C15H25ClO2/c1-2-3-4-11-5-6-13-10-14(18-15(16)17)8-7-12(13)9-11/h11-14H,2-10H2,1H3. The Hall–Kier alpha value is -0.240. The van der Waals surface area contributed by atoms with Crippen LogP contribution >= 0.6 is 11.6 Å². The van der Waals surface area contributed by atoms with Crippen molar-refractivity contribution in [1.82, 2.24) is 0 Å². The number of carbonyl (C=O) groups excluding carboxylic acids is 1. The summed E-state index contributed by atoms with van der Waals surface area (Å²) < 4.78 is 5.16. The highest BCUT2D eigenvalue weighted by atomic mass is 35.5. The molecule has 0 aromatic heterocycles. The third kappa shape index (κ3) is 3.88. The van der Waals surface area contributed by atoms with E-state index in [4.69, 9.17) is 16.3 Å². The molecule has 2 rings (SSSR count). The molecule has 2 aliphatic carbocycles. The molecular formula is C15H25ClO2. The predicted molar refractivity (Wildman–Crippen MR) is 73.8 cm³/mol. The van der Waals surface area contributed by atoms with Gasteiger partial charge in [0.2, 0.25) is 0 Å². The lowest BCUT2D eigenvalue weighted by molar-refractivity contribution is 0.0266. The van der Waals surface area contributed by atoms with Crippen molar-refractivity contribution in [3.8, 4) is 0 Å². The molecule has 4 unspecified atom stereocenters. The molecule has 0 radical (unpaired) electrons. The lowest BCUT2D eigenvalue weighted by atomic mass is 9.66. The van der Waals surface area contributed by atoms with E-state index < -0.39 is 5.43 Å². The van der Waals surface area contributed by atoms with Gasteiger partial charge in [0.1, 0.15) is 6.10 Å². The number of ether oxygens (including phenoxy) is 1. The van der Waals surface area contributed by atoms with Crippen LogP contribution in [0.5, 0.6) is 0 Å². The molecule has 2 fully saturated rings. The van der Waals surface area contributed by atoms with Gasteiger partial charge in [0.15, 0.2) is 0 Å². The van der Waals surface area contributed by atoms with Gasteiger partial charge < -0.3 is 4.74 Å². The third-order valence-electron chi connectivity index (χ3n) is 4.90. The Balaban J connectivity index is 1.78. The Kier molecular flexibility index (Phi) is 5.35. The van der Waals surface area contributed by atoms with Crippen LogP contribution in [0.15, 0.2) is 0 Å². The molecule has 0 N–H and O–H groups in total. The minimum atomic E-state index is -0.630. The smallest absolute Gasteiger partial charge is 0.404 e. The van der Waals surface area contributed by atoms with E-state index in [0.717, 1.165) is 30.6 Å². The zero-order valence-corrected chi connectivity index (χ0v) is 12.1. The minimum absolute atomic E-state index is 0.0865. The van der Waals surface area contributed by atoms with Gasteiger partial charge in [-0.15, -0.1) is 0 Å². The molecule has 2 nitrogen and oxygen atoms in total. The summed E-state index contributed by atoms with van der Waals surface area (Å²) in [5, 5.41) is 0. The SMILES string of the molecule is CCCCC1CCC2CC(OC(=O)Cl)CCC2C1. The zero-order chi connectivity index (χ0) is 13.0. The van der Waals surface area contributed by atoms with Crippen molar-refractivity contribution in [2.45, 2.75) is 70.8 Å². The Morgan fingerprint density at radius 2 is 1.89 bits per heavy atom. The van der Waals surface area contributed by atoms with E-state index in [-0.39, 0.29) is 6.10 Å². The Labute approximate surface area is 115 Å². The fraction of sp³-hybridized carbons (Fsp3) is 0.933. The summed E-state index contributed by atoms with van der Waals surface area (Å²) in [6.45, 7) is 2.28. The molecule has 104 valence electrons. The first-order valence-corrected chi connectivity index (χ1v) is 7.93. The molecule has 0 amide bonds. The van der Waals surface area contributed by atoms with Crippen LogP contribution in [0.1, 0.15) is 64.7 Å². The van der Waals surface area contributed by atoms with Gasteiger partial charge in [-0.25, -0.2) is 4.79 Å². The van der Waals surface area contributed by atoms with Crippen molar-refractivity contribution >= 4 is 17.0 Å². The largest absolute Gasteiger partial charge is 0.450 e. The molecule has 2 saturated carbocycles. The highest BCUT2D eigenvalue weighted by Gasteiger charge is 2.36. The van der Waals surface area contributed by atoms with Crippen LogP contribution in [0, 0.1) is 17.8 Å². The topological polar surface area (TPSA) is 26.3 Å². The van der Waals surface area contributed by atoms with Crippen LogP contribution in [0.4, 0.5) is 4.79 Å². The summed E-state index contributed by atoms with van der Waals surface area (Å²) in [6.07, 6.45) is 11.6. The third-order valence-corrected chi connectivity index (χ3v) is 4.99. The van der Waals surface area contributed by atoms with Crippen molar-refractivity contribution in [3.05, 3.63) is 0 Å². The second-order valence-electron chi connectivity index (χ2n) is 6.13. The number of rotatable bonds is 4. The summed E-state index contributed by atoms with van der Waals surface area (Å²) in [6, 6.07) is 0. The molecule has 0 aromatic rings. The molecule has 0 bridgehead atoms. The summed E-state index contributed by atoms with van der Waals surface area (Å²) >= 11 is 5.31. The Morgan fingerprint density at radius 1 is 1.17 bits per heavy atom. The van der Waals surface area contributed by atoms with Crippen molar-refractivity contribution in [2.24, 2.45) is 17.8 Å². The molecule has 0 heterocycles. The number of unbranched alkanes of at least 4 members (excludes halogenated alkanes) is 1.